The first-order valence-corrected chi connectivity index (χ1v) is 8.93. The highest BCUT2D eigenvalue weighted by Crippen LogP contribution is 2.24. The molecular weight excluding hydrogens is 387 g/mol. The average Bonchev–Trinajstić information content (AvgIpc) is 3.33. The van der Waals surface area contributed by atoms with Crippen molar-refractivity contribution in [2.75, 3.05) is 6.54 Å². The average molecular weight is 401 g/mol. The fourth-order valence-electron chi connectivity index (χ4n) is 2.93. The van der Waals surface area contributed by atoms with Crippen LogP contribution < -0.4 is 5.32 Å². The van der Waals surface area contributed by atoms with Gasteiger partial charge in [-0.3, -0.25) is 4.79 Å². The van der Waals surface area contributed by atoms with Gasteiger partial charge in [-0.1, -0.05) is 29.3 Å². The number of hydrogen-bond donors (Lipinski definition) is 1. The van der Waals surface area contributed by atoms with Gasteiger partial charge in [-0.25, -0.2) is 0 Å². The van der Waals surface area contributed by atoms with E-state index in [2.05, 4.69) is 20.8 Å². The first-order valence-electron chi connectivity index (χ1n) is 8.18. The van der Waals surface area contributed by atoms with Crippen LogP contribution in [0.2, 0.25) is 10.0 Å². The van der Waals surface area contributed by atoms with E-state index in [1.807, 2.05) is 35.0 Å². The number of carbonyl (C=O) groups excluding carboxylic acids is 1. The normalized spacial score (nSPS) is 11.0. The highest BCUT2D eigenvalue weighted by molar-refractivity contribution is 6.35. The molecule has 0 fully saturated rings. The van der Waals surface area contributed by atoms with Gasteiger partial charge in [0.1, 0.15) is 6.33 Å². The van der Waals surface area contributed by atoms with E-state index >= 15 is 0 Å². The van der Waals surface area contributed by atoms with Crippen LogP contribution in [0.5, 0.6) is 0 Å². The van der Waals surface area contributed by atoms with Gasteiger partial charge in [0.25, 0.3) is 5.91 Å². The summed E-state index contributed by atoms with van der Waals surface area (Å²) in [6.07, 6.45) is 3.38. The van der Waals surface area contributed by atoms with Crippen LogP contribution in [0.1, 0.15) is 10.4 Å². The predicted molar refractivity (Wildman–Crippen MR) is 103 cm³/mol. The van der Waals surface area contributed by atoms with Crippen LogP contribution in [0.25, 0.3) is 16.6 Å². The molecule has 2 aromatic heterocycles. The molecule has 1 N–H and O–H groups in total. The summed E-state index contributed by atoms with van der Waals surface area (Å²) >= 11 is 12.3. The van der Waals surface area contributed by atoms with E-state index in [1.54, 1.807) is 18.2 Å². The summed E-state index contributed by atoms with van der Waals surface area (Å²) in [6.45, 7) is 1.05. The molecule has 0 aliphatic carbocycles. The van der Waals surface area contributed by atoms with Gasteiger partial charge in [0.2, 0.25) is 0 Å². The van der Waals surface area contributed by atoms with Crippen molar-refractivity contribution in [3.8, 4) is 5.69 Å². The van der Waals surface area contributed by atoms with E-state index in [9.17, 15) is 4.79 Å². The summed E-state index contributed by atoms with van der Waals surface area (Å²) in [7, 11) is 0. The first-order chi connectivity index (χ1) is 13.1. The summed E-state index contributed by atoms with van der Waals surface area (Å²) in [5.41, 5.74) is 1.98. The monoisotopic (exact) mass is 400 g/mol. The fraction of sp³-hybridized carbons (Fsp3) is 0.111. The Morgan fingerprint density at radius 1 is 1.15 bits per heavy atom. The van der Waals surface area contributed by atoms with Gasteiger partial charge < -0.3 is 9.88 Å². The third kappa shape index (κ3) is 3.51. The Bertz CT molecular complexity index is 1110. The minimum Gasteiger partial charge on any atom is -0.350 e. The number of amides is 1. The molecule has 0 unspecified atom stereocenters. The van der Waals surface area contributed by atoms with Crippen molar-refractivity contribution >= 4 is 40.0 Å². The summed E-state index contributed by atoms with van der Waals surface area (Å²) in [5.74, 6) is -0.252. The highest BCUT2D eigenvalue weighted by Gasteiger charge is 2.14. The molecule has 4 rings (SSSR count). The zero-order valence-electron chi connectivity index (χ0n) is 14.0. The maximum absolute atomic E-state index is 12.7. The Balaban J connectivity index is 1.50. The topological polar surface area (TPSA) is 77.6 Å². The minimum atomic E-state index is -0.252. The molecule has 0 saturated heterocycles. The molecule has 1 amide bonds. The molecule has 136 valence electrons. The van der Waals surface area contributed by atoms with Crippen molar-refractivity contribution in [2.24, 2.45) is 0 Å². The Kier molecular flexibility index (Phi) is 4.79. The molecule has 7 nitrogen and oxygen atoms in total. The zero-order chi connectivity index (χ0) is 18.8. The van der Waals surface area contributed by atoms with Crippen molar-refractivity contribution in [3.05, 3.63) is 70.6 Å². The number of hydrogen-bond acceptors (Lipinski definition) is 4. The first kappa shape index (κ1) is 17.5. The molecule has 0 saturated carbocycles. The van der Waals surface area contributed by atoms with Gasteiger partial charge in [-0.15, -0.1) is 5.10 Å². The number of fused-ring (bicyclic) bond motifs is 1. The molecule has 0 bridgehead atoms. The van der Waals surface area contributed by atoms with Crippen LogP contribution in [0, 0.1) is 0 Å². The third-order valence-electron chi connectivity index (χ3n) is 4.20. The van der Waals surface area contributed by atoms with Crippen LogP contribution in [-0.2, 0) is 6.54 Å². The molecule has 9 heteroatoms. The van der Waals surface area contributed by atoms with Gasteiger partial charge in [-0.05, 0) is 46.8 Å². The van der Waals surface area contributed by atoms with Crippen LogP contribution in [0.4, 0.5) is 0 Å². The number of halogens is 2. The Morgan fingerprint density at radius 2 is 2.04 bits per heavy atom. The van der Waals surface area contributed by atoms with Crippen molar-refractivity contribution in [2.45, 2.75) is 6.54 Å². The third-order valence-corrected chi connectivity index (χ3v) is 4.76. The van der Waals surface area contributed by atoms with Crippen LogP contribution in [0.15, 0.2) is 55.0 Å². The van der Waals surface area contributed by atoms with E-state index in [-0.39, 0.29) is 5.91 Å². The second-order valence-electron chi connectivity index (χ2n) is 5.85. The molecular formula is C18H14Cl2N6O. The molecule has 4 aromatic rings. The largest absolute Gasteiger partial charge is 0.350 e. The van der Waals surface area contributed by atoms with Gasteiger partial charge in [0.15, 0.2) is 0 Å². The summed E-state index contributed by atoms with van der Waals surface area (Å²) < 4.78 is 3.47. The Hall–Kier alpha value is -2.90. The van der Waals surface area contributed by atoms with Crippen molar-refractivity contribution in [1.29, 1.82) is 0 Å². The molecule has 0 aliphatic heterocycles. The lowest BCUT2D eigenvalue weighted by Crippen LogP contribution is -2.28. The van der Waals surface area contributed by atoms with E-state index in [4.69, 9.17) is 23.2 Å². The van der Waals surface area contributed by atoms with Gasteiger partial charge in [0, 0.05) is 40.2 Å². The number of benzene rings is 2. The fourth-order valence-corrected chi connectivity index (χ4v) is 3.33. The smallest absolute Gasteiger partial charge is 0.253 e. The highest BCUT2D eigenvalue weighted by atomic mass is 35.5. The number of rotatable bonds is 5. The summed E-state index contributed by atoms with van der Waals surface area (Å²) in [5, 5.41) is 16.1. The maximum Gasteiger partial charge on any atom is 0.253 e. The van der Waals surface area contributed by atoms with Gasteiger partial charge >= 0.3 is 0 Å². The quantitative estimate of drug-likeness (QED) is 0.557. The molecule has 0 aliphatic rings. The van der Waals surface area contributed by atoms with Crippen LogP contribution in [-0.4, -0.2) is 37.2 Å². The lowest BCUT2D eigenvalue weighted by atomic mass is 10.1. The van der Waals surface area contributed by atoms with Gasteiger partial charge in [0.05, 0.1) is 11.3 Å². The minimum absolute atomic E-state index is 0.252. The molecule has 27 heavy (non-hydrogen) atoms. The van der Waals surface area contributed by atoms with Crippen molar-refractivity contribution < 1.29 is 4.79 Å². The lowest BCUT2D eigenvalue weighted by molar-refractivity contribution is 0.0952. The second kappa shape index (κ2) is 7.38. The Labute approximate surface area is 164 Å². The summed E-state index contributed by atoms with van der Waals surface area (Å²) in [4.78, 5) is 12.7. The maximum atomic E-state index is 12.7. The molecule has 0 radical (unpaired) electrons. The lowest BCUT2D eigenvalue weighted by Gasteiger charge is -2.11. The van der Waals surface area contributed by atoms with E-state index < -0.39 is 0 Å². The van der Waals surface area contributed by atoms with Crippen LogP contribution in [0.3, 0.4) is 0 Å². The number of nitrogens with zero attached hydrogens (tertiary/aromatic N) is 5. The standard InChI is InChI=1S/C18H14Cl2N6O/c19-12-4-5-17(26-11-22-23-24-26)14(10-12)18(27)21-7-9-25-8-6-13-15(20)2-1-3-16(13)25/h1-6,8,10-11H,7,9H2,(H,21,27). The number of aromatic nitrogens is 5. The van der Waals surface area contributed by atoms with Crippen molar-refractivity contribution in [3.63, 3.8) is 0 Å². The molecule has 2 heterocycles. The van der Waals surface area contributed by atoms with Crippen LogP contribution >= 0.6 is 23.2 Å². The number of carbonyl (C=O) groups is 1. The molecule has 0 spiro atoms. The molecule has 0 atom stereocenters. The van der Waals surface area contributed by atoms with E-state index in [1.165, 1.54) is 11.0 Å². The number of nitrogens with one attached hydrogen (secondary N) is 1. The Morgan fingerprint density at radius 3 is 2.85 bits per heavy atom. The second-order valence-corrected chi connectivity index (χ2v) is 6.70. The van der Waals surface area contributed by atoms with Gasteiger partial charge in [-0.2, -0.15) is 4.68 Å². The SMILES string of the molecule is O=C(NCCn1ccc2c(Cl)cccc21)c1cc(Cl)ccc1-n1cnnn1. The van der Waals surface area contributed by atoms with E-state index in [0.717, 1.165) is 10.9 Å². The van der Waals surface area contributed by atoms with Crippen molar-refractivity contribution in [1.82, 2.24) is 30.1 Å². The molecule has 2 aromatic carbocycles. The number of tetrazole rings is 1. The van der Waals surface area contributed by atoms with E-state index in [0.29, 0.717) is 34.4 Å². The zero-order valence-corrected chi connectivity index (χ0v) is 15.5. The summed E-state index contributed by atoms with van der Waals surface area (Å²) in [6, 6.07) is 12.7. The predicted octanol–water partition coefficient (Wildman–Crippen LogP) is 3.35.